The Bertz CT molecular complexity index is 421. The largest absolute Gasteiger partial charge is 0.379 e. The van der Waals surface area contributed by atoms with Gasteiger partial charge in [-0.2, -0.15) is 0 Å². The van der Waals surface area contributed by atoms with E-state index in [4.69, 9.17) is 4.74 Å². The minimum Gasteiger partial charge on any atom is -0.379 e. The standard InChI is InChI=1S/C11H16N4O2/c1-15(8-4-5-17-6-8)11(16)10-12-9(13-14-10)7-2-3-7/h7-8H,2-6H2,1H3,(H,12,13,14). The maximum atomic E-state index is 12.1. The van der Waals surface area contributed by atoms with E-state index < -0.39 is 0 Å². The first-order valence-electron chi connectivity index (χ1n) is 6.03. The molecule has 1 saturated carbocycles. The van der Waals surface area contributed by atoms with Gasteiger partial charge in [0.25, 0.3) is 5.91 Å². The molecule has 2 aliphatic rings. The number of carbonyl (C=O) groups excluding carboxylic acids is 1. The number of aromatic amines is 1. The molecule has 1 aliphatic carbocycles. The summed E-state index contributed by atoms with van der Waals surface area (Å²) in [4.78, 5) is 18.1. The van der Waals surface area contributed by atoms with Gasteiger partial charge in [0.2, 0.25) is 5.82 Å². The monoisotopic (exact) mass is 236 g/mol. The summed E-state index contributed by atoms with van der Waals surface area (Å²) in [5, 5.41) is 6.86. The third kappa shape index (κ3) is 2.04. The van der Waals surface area contributed by atoms with Gasteiger partial charge in [-0.05, 0) is 19.3 Å². The number of rotatable bonds is 3. The van der Waals surface area contributed by atoms with Crippen LogP contribution in [0.2, 0.25) is 0 Å². The Kier molecular flexibility index (Phi) is 2.58. The minimum atomic E-state index is -0.122. The summed E-state index contributed by atoms with van der Waals surface area (Å²) in [7, 11) is 1.79. The van der Waals surface area contributed by atoms with Gasteiger partial charge in [-0.1, -0.05) is 0 Å². The number of aromatic nitrogens is 3. The number of ether oxygens (including phenoxy) is 1. The van der Waals surface area contributed by atoms with Crippen LogP contribution in [-0.4, -0.2) is 52.3 Å². The molecule has 2 fully saturated rings. The average molecular weight is 236 g/mol. The van der Waals surface area contributed by atoms with Crippen molar-refractivity contribution in [1.29, 1.82) is 0 Å². The van der Waals surface area contributed by atoms with Crippen LogP contribution in [-0.2, 0) is 4.74 Å². The van der Waals surface area contributed by atoms with E-state index in [1.807, 2.05) is 0 Å². The molecular weight excluding hydrogens is 220 g/mol. The van der Waals surface area contributed by atoms with Gasteiger partial charge in [-0.3, -0.25) is 9.89 Å². The zero-order valence-electron chi connectivity index (χ0n) is 9.85. The van der Waals surface area contributed by atoms with Gasteiger partial charge < -0.3 is 9.64 Å². The SMILES string of the molecule is CN(C(=O)c1n[nH]c(C2CC2)n1)C1CCOC1. The molecule has 6 nitrogen and oxygen atoms in total. The number of nitrogens with zero attached hydrogens (tertiary/aromatic N) is 3. The zero-order chi connectivity index (χ0) is 11.8. The van der Waals surface area contributed by atoms with Crippen LogP contribution in [0.1, 0.15) is 41.6 Å². The van der Waals surface area contributed by atoms with Crippen LogP contribution in [0.5, 0.6) is 0 Å². The Morgan fingerprint density at radius 3 is 2.94 bits per heavy atom. The lowest BCUT2D eigenvalue weighted by atomic mass is 10.2. The molecule has 1 atom stereocenters. The van der Waals surface area contributed by atoms with E-state index in [-0.39, 0.29) is 17.8 Å². The Balaban J connectivity index is 1.70. The van der Waals surface area contributed by atoms with Crippen LogP contribution in [0.15, 0.2) is 0 Å². The predicted molar refractivity (Wildman–Crippen MR) is 59.7 cm³/mol. The summed E-state index contributed by atoms with van der Waals surface area (Å²) in [6, 6.07) is 0.158. The van der Waals surface area contributed by atoms with Crippen molar-refractivity contribution in [1.82, 2.24) is 20.1 Å². The maximum Gasteiger partial charge on any atom is 0.293 e. The van der Waals surface area contributed by atoms with E-state index in [9.17, 15) is 4.79 Å². The van der Waals surface area contributed by atoms with E-state index in [1.54, 1.807) is 11.9 Å². The highest BCUT2D eigenvalue weighted by Crippen LogP contribution is 2.37. The fraction of sp³-hybridized carbons (Fsp3) is 0.727. The molecule has 0 spiro atoms. The molecule has 17 heavy (non-hydrogen) atoms. The number of carbonyl (C=O) groups is 1. The van der Waals surface area contributed by atoms with E-state index in [0.717, 1.165) is 31.7 Å². The highest BCUT2D eigenvalue weighted by molar-refractivity contribution is 5.90. The third-order valence-electron chi connectivity index (χ3n) is 3.43. The Labute approximate surface area is 99.4 Å². The summed E-state index contributed by atoms with van der Waals surface area (Å²) in [5.74, 6) is 1.50. The molecule has 6 heteroatoms. The second kappa shape index (κ2) is 4.10. The second-order valence-corrected chi connectivity index (χ2v) is 4.75. The highest BCUT2D eigenvalue weighted by atomic mass is 16.5. The molecule has 92 valence electrons. The van der Waals surface area contributed by atoms with Crippen LogP contribution in [0, 0.1) is 0 Å². The lowest BCUT2D eigenvalue weighted by Gasteiger charge is -2.21. The topological polar surface area (TPSA) is 71.1 Å². The van der Waals surface area contributed by atoms with Crippen LogP contribution >= 0.6 is 0 Å². The molecule has 0 bridgehead atoms. The van der Waals surface area contributed by atoms with E-state index in [1.165, 1.54) is 0 Å². The molecule has 1 amide bonds. The van der Waals surface area contributed by atoms with Gasteiger partial charge in [0.1, 0.15) is 5.82 Å². The third-order valence-corrected chi connectivity index (χ3v) is 3.43. The van der Waals surface area contributed by atoms with E-state index in [2.05, 4.69) is 15.2 Å². The summed E-state index contributed by atoms with van der Waals surface area (Å²) in [6.07, 6.45) is 3.19. The fourth-order valence-corrected chi connectivity index (χ4v) is 2.06. The Hall–Kier alpha value is -1.43. The van der Waals surface area contributed by atoms with Crippen molar-refractivity contribution >= 4 is 5.91 Å². The molecule has 1 unspecified atom stereocenters. The molecule has 0 radical (unpaired) electrons. The normalized spacial score (nSPS) is 23.9. The van der Waals surface area contributed by atoms with Gasteiger partial charge in [-0.25, -0.2) is 4.98 Å². The van der Waals surface area contributed by atoms with Crippen LogP contribution in [0.25, 0.3) is 0 Å². The summed E-state index contributed by atoms with van der Waals surface area (Å²) in [5.41, 5.74) is 0. The predicted octanol–water partition coefficient (Wildman–Crippen LogP) is 0.543. The van der Waals surface area contributed by atoms with E-state index >= 15 is 0 Å². The Morgan fingerprint density at radius 1 is 1.47 bits per heavy atom. The number of likely N-dealkylation sites (N-methyl/N-ethyl adjacent to an activating group) is 1. The van der Waals surface area contributed by atoms with Crippen LogP contribution in [0.4, 0.5) is 0 Å². The molecule has 1 aromatic rings. The summed E-state index contributed by atoms with van der Waals surface area (Å²) < 4.78 is 5.28. The van der Waals surface area contributed by atoms with Gasteiger partial charge in [-0.15, -0.1) is 5.10 Å². The maximum absolute atomic E-state index is 12.1. The number of nitrogens with one attached hydrogen (secondary N) is 1. The molecule has 3 rings (SSSR count). The van der Waals surface area contributed by atoms with Crippen molar-refractivity contribution in [3.05, 3.63) is 11.6 Å². The van der Waals surface area contributed by atoms with Gasteiger partial charge in [0.05, 0.1) is 12.6 Å². The first-order chi connectivity index (χ1) is 8.25. The quantitative estimate of drug-likeness (QED) is 0.831. The molecular formula is C11H16N4O2. The van der Waals surface area contributed by atoms with Gasteiger partial charge in [0, 0.05) is 19.6 Å². The molecule has 1 N–H and O–H groups in total. The number of hydrogen-bond donors (Lipinski definition) is 1. The zero-order valence-corrected chi connectivity index (χ0v) is 9.85. The molecule has 1 aromatic heterocycles. The second-order valence-electron chi connectivity index (χ2n) is 4.75. The first kappa shape index (κ1) is 10.7. The Morgan fingerprint density at radius 2 is 2.29 bits per heavy atom. The van der Waals surface area contributed by atoms with Gasteiger partial charge >= 0.3 is 0 Å². The summed E-state index contributed by atoms with van der Waals surface area (Å²) >= 11 is 0. The van der Waals surface area contributed by atoms with Crippen LogP contribution in [0.3, 0.4) is 0 Å². The molecule has 1 aliphatic heterocycles. The highest BCUT2D eigenvalue weighted by Gasteiger charge is 2.30. The molecule has 0 aromatic carbocycles. The van der Waals surface area contributed by atoms with Crippen molar-refractivity contribution in [2.45, 2.75) is 31.2 Å². The molecule has 2 heterocycles. The fourth-order valence-electron chi connectivity index (χ4n) is 2.06. The average Bonchev–Trinajstić information content (AvgIpc) is 2.87. The van der Waals surface area contributed by atoms with Crippen molar-refractivity contribution in [2.24, 2.45) is 0 Å². The lowest BCUT2D eigenvalue weighted by Crippen LogP contribution is -2.37. The number of amides is 1. The molecule has 1 saturated heterocycles. The van der Waals surface area contributed by atoms with Gasteiger partial charge in [0.15, 0.2) is 0 Å². The smallest absolute Gasteiger partial charge is 0.293 e. The lowest BCUT2D eigenvalue weighted by molar-refractivity contribution is 0.0699. The van der Waals surface area contributed by atoms with Crippen molar-refractivity contribution in [3.8, 4) is 0 Å². The van der Waals surface area contributed by atoms with E-state index in [0.29, 0.717) is 12.5 Å². The van der Waals surface area contributed by atoms with Crippen molar-refractivity contribution in [3.63, 3.8) is 0 Å². The summed E-state index contributed by atoms with van der Waals surface area (Å²) in [6.45, 7) is 1.34. The minimum absolute atomic E-state index is 0.122. The number of hydrogen-bond acceptors (Lipinski definition) is 4. The number of H-pyrrole nitrogens is 1. The van der Waals surface area contributed by atoms with Crippen molar-refractivity contribution in [2.75, 3.05) is 20.3 Å². The van der Waals surface area contributed by atoms with Crippen LogP contribution < -0.4 is 0 Å². The van der Waals surface area contributed by atoms with Crippen molar-refractivity contribution < 1.29 is 9.53 Å². The first-order valence-corrected chi connectivity index (χ1v) is 6.03.